The monoisotopic (exact) mass is 335 g/mol. The van der Waals surface area contributed by atoms with Crippen molar-refractivity contribution in [2.75, 3.05) is 6.61 Å². The van der Waals surface area contributed by atoms with E-state index in [1.807, 2.05) is 31.2 Å². The number of nitriles is 1. The summed E-state index contributed by atoms with van der Waals surface area (Å²) in [5.41, 5.74) is 5.95. The van der Waals surface area contributed by atoms with E-state index in [0.29, 0.717) is 11.5 Å². The minimum atomic E-state index is -0.332. The Hall–Kier alpha value is -3.13. The largest absolute Gasteiger partial charge is 0.483 e. The molecule has 0 fully saturated rings. The lowest BCUT2D eigenvalue weighted by atomic mass is 10.0. The van der Waals surface area contributed by atoms with Gasteiger partial charge in [0.05, 0.1) is 17.8 Å². The predicted molar refractivity (Wildman–Crippen MR) is 97.7 cm³/mol. The summed E-state index contributed by atoms with van der Waals surface area (Å²) >= 11 is 0. The Morgan fingerprint density at radius 1 is 1.28 bits per heavy atom. The first-order valence-corrected chi connectivity index (χ1v) is 8.05. The van der Waals surface area contributed by atoms with Gasteiger partial charge in [-0.15, -0.1) is 0 Å². The van der Waals surface area contributed by atoms with Gasteiger partial charge in [0, 0.05) is 0 Å². The first-order chi connectivity index (χ1) is 12.0. The first kappa shape index (κ1) is 18.2. The summed E-state index contributed by atoms with van der Waals surface area (Å²) in [6, 6.07) is 14.9. The summed E-state index contributed by atoms with van der Waals surface area (Å²) in [5.74, 6) is 0.704. The van der Waals surface area contributed by atoms with E-state index in [4.69, 9.17) is 10.00 Å². The average Bonchev–Trinajstić information content (AvgIpc) is 2.60. The van der Waals surface area contributed by atoms with Gasteiger partial charge in [-0.3, -0.25) is 4.79 Å². The number of ether oxygens (including phenoxy) is 1. The number of amides is 1. The minimum absolute atomic E-state index is 0.103. The maximum Gasteiger partial charge on any atom is 0.277 e. The summed E-state index contributed by atoms with van der Waals surface area (Å²) in [5, 5.41) is 12.6. The molecule has 0 radical (unpaired) electrons. The van der Waals surface area contributed by atoms with Gasteiger partial charge in [0.25, 0.3) is 5.91 Å². The molecular formula is C20H21N3O2. The Labute approximate surface area is 147 Å². The van der Waals surface area contributed by atoms with E-state index in [1.54, 1.807) is 24.3 Å². The maximum absolute atomic E-state index is 11.9. The number of carbonyl (C=O) groups is 1. The lowest BCUT2D eigenvalue weighted by molar-refractivity contribution is -0.123. The van der Waals surface area contributed by atoms with Crippen LogP contribution in [0.25, 0.3) is 0 Å². The quantitative estimate of drug-likeness (QED) is 0.648. The normalized spacial score (nSPS) is 10.7. The highest BCUT2D eigenvalue weighted by molar-refractivity contribution is 5.83. The number of nitrogens with zero attached hydrogens (tertiary/aromatic N) is 2. The second-order valence-corrected chi connectivity index (χ2v) is 6.01. The molecule has 0 heterocycles. The number of hydrogen-bond acceptors (Lipinski definition) is 4. The molecule has 0 aromatic heterocycles. The number of hydrogen-bond donors (Lipinski definition) is 1. The summed E-state index contributed by atoms with van der Waals surface area (Å²) in [6.45, 7) is 6.05. The van der Waals surface area contributed by atoms with Crippen LogP contribution in [0.2, 0.25) is 0 Å². The van der Waals surface area contributed by atoms with Gasteiger partial charge in [-0.1, -0.05) is 38.1 Å². The molecule has 0 unspecified atom stereocenters. The van der Waals surface area contributed by atoms with Gasteiger partial charge in [0.15, 0.2) is 6.61 Å². The number of aryl methyl sites for hydroxylation is 1. The van der Waals surface area contributed by atoms with Gasteiger partial charge in [-0.25, -0.2) is 5.43 Å². The first-order valence-electron chi connectivity index (χ1n) is 8.05. The molecule has 0 aliphatic rings. The minimum Gasteiger partial charge on any atom is -0.483 e. The van der Waals surface area contributed by atoms with Crippen molar-refractivity contribution in [2.45, 2.75) is 26.7 Å². The Bertz CT molecular complexity index is 803. The van der Waals surface area contributed by atoms with Gasteiger partial charge in [0.1, 0.15) is 5.75 Å². The van der Waals surface area contributed by atoms with Crippen molar-refractivity contribution in [1.29, 1.82) is 5.26 Å². The lowest BCUT2D eigenvalue weighted by Crippen LogP contribution is -2.25. The molecule has 0 saturated heterocycles. The van der Waals surface area contributed by atoms with Crippen LogP contribution in [0.4, 0.5) is 0 Å². The van der Waals surface area contributed by atoms with Gasteiger partial charge < -0.3 is 4.74 Å². The number of nitrogens with one attached hydrogen (secondary N) is 1. The molecule has 5 nitrogen and oxygen atoms in total. The fourth-order valence-electron chi connectivity index (χ4n) is 2.24. The highest BCUT2D eigenvalue weighted by atomic mass is 16.5. The summed E-state index contributed by atoms with van der Waals surface area (Å²) in [6.07, 6.45) is 1.52. The zero-order valence-electron chi connectivity index (χ0n) is 14.6. The number of rotatable bonds is 6. The lowest BCUT2D eigenvalue weighted by Gasteiger charge is -2.14. The molecule has 128 valence electrons. The van der Waals surface area contributed by atoms with E-state index >= 15 is 0 Å². The number of hydrazone groups is 1. The van der Waals surface area contributed by atoms with Crippen LogP contribution in [-0.2, 0) is 4.79 Å². The molecule has 2 aromatic rings. The zero-order valence-corrected chi connectivity index (χ0v) is 14.6. The third-order valence-corrected chi connectivity index (χ3v) is 3.59. The highest BCUT2D eigenvalue weighted by Gasteiger charge is 2.09. The van der Waals surface area contributed by atoms with Crippen molar-refractivity contribution in [3.8, 4) is 11.8 Å². The maximum atomic E-state index is 11.9. The van der Waals surface area contributed by atoms with E-state index < -0.39 is 0 Å². The third-order valence-electron chi connectivity index (χ3n) is 3.59. The Morgan fingerprint density at radius 3 is 2.64 bits per heavy atom. The van der Waals surface area contributed by atoms with Crippen LogP contribution in [0.3, 0.4) is 0 Å². The van der Waals surface area contributed by atoms with E-state index in [0.717, 1.165) is 22.4 Å². The van der Waals surface area contributed by atoms with Crippen LogP contribution < -0.4 is 10.2 Å². The van der Waals surface area contributed by atoms with E-state index in [1.165, 1.54) is 6.21 Å². The van der Waals surface area contributed by atoms with Crippen LogP contribution in [0, 0.1) is 18.3 Å². The second kappa shape index (κ2) is 8.65. The van der Waals surface area contributed by atoms with Crippen LogP contribution in [0.1, 0.15) is 42.0 Å². The molecule has 0 atom stereocenters. The summed E-state index contributed by atoms with van der Waals surface area (Å²) in [7, 11) is 0. The van der Waals surface area contributed by atoms with E-state index in [9.17, 15) is 4.79 Å². The highest BCUT2D eigenvalue weighted by Crippen LogP contribution is 2.27. The standard InChI is InChI=1S/C20H21N3O2/c1-14(2)18-9-4-15(3)10-19(18)25-13-20(24)23-22-12-17-7-5-16(11-21)6-8-17/h4-10,12,14H,13H2,1-3H3,(H,23,24). The van der Waals surface area contributed by atoms with Crippen LogP contribution in [0.5, 0.6) is 5.75 Å². The van der Waals surface area contributed by atoms with Crippen molar-refractivity contribution in [2.24, 2.45) is 5.10 Å². The molecule has 0 bridgehead atoms. The Balaban J connectivity index is 1.89. The molecule has 0 aliphatic heterocycles. The van der Waals surface area contributed by atoms with Crippen molar-refractivity contribution >= 4 is 12.1 Å². The molecule has 1 amide bonds. The smallest absolute Gasteiger partial charge is 0.277 e. The number of benzene rings is 2. The molecule has 0 aliphatic carbocycles. The molecule has 1 N–H and O–H groups in total. The van der Waals surface area contributed by atoms with Crippen molar-refractivity contribution in [3.63, 3.8) is 0 Å². The van der Waals surface area contributed by atoms with Crippen molar-refractivity contribution in [3.05, 3.63) is 64.7 Å². The van der Waals surface area contributed by atoms with Crippen molar-refractivity contribution < 1.29 is 9.53 Å². The molecule has 0 saturated carbocycles. The van der Waals surface area contributed by atoms with Gasteiger partial charge in [-0.2, -0.15) is 10.4 Å². The fourth-order valence-corrected chi connectivity index (χ4v) is 2.24. The predicted octanol–water partition coefficient (Wildman–Crippen LogP) is 3.52. The molecule has 2 rings (SSSR count). The summed E-state index contributed by atoms with van der Waals surface area (Å²) in [4.78, 5) is 11.9. The molecule has 25 heavy (non-hydrogen) atoms. The van der Waals surface area contributed by atoms with Crippen molar-refractivity contribution in [1.82, 2.24) is 5.43 Å². The van der Waals surface area contributed by atoms with Gasteiger partial charge in [0.2, 0.25) is 0 Å². The van der Waals surface area contributed by atoms with Crippen LogP contribution in [-0.4, -0.2) is 18.7 Å². The number of carbonyl (C=O) groups excluding carboxylic acids is 1. The zero-order chi connectivity index (χ0) is 18.2. The van der Waals surface area contributed by atoms with E-state index in [2.05, 4.69) is 24.4 Å². The molecule has 0 spiro atoms. The van der Waals surface area contributed by atoms with E-state index in [-0.39, 0.29) is 12.5 Å². The topological polar surface area (TPSA) is 74.5 Å². The Morgan fingerprint density at radius 2 is 2.00 bits per heavy atom. The second-order valence-electron chi connectivity index (χ2n) is 6.01. The fraction of sp³-hybridized carbons (Fsp3) is 0.250. The molecule has 2 aromatic carbocycles. The molecule has 5 heteroatoms. The molecular weight excluding hydrogens is 314 g/mol. The third kappa shape index (κ3) is 5.47. The average molecular weight is 335 g/mol. The summed E-state index contributed by atoms with van der Waals surface area (Å²) < 4.78 is 5.65. The van der Waals surface area contributed by atoms with Gasteiger partial charge in [-0.05, 0) is 47.7 Å². The van der Waals surface area contributed by atoms with Crippen LogP contribution >= 0.6 is 0 Å². The van der Waals surface area contributed by atoms with Crippen LogP contribution in [0.15, 0.2) is 47.6 Å². The Kier molecular flexibility index (Phi) is 6.30. The van der Waals surface area contributed by atoms with Gasteiger partial charge >= 0.3 is 0 Å². The SMILES string of the molecule is Cc1ccc(C(C)C)c(OCC(=O)NN=Cc2ccc(C#N)cc2)c1.